The Hall–Kier alpha value is -7.05. The van der Waals surface area contributed by atoms with Gasteiger partial charge in [-0.25, -0.2) is 9.59 Å². The summed E-state index contributed by atoms with van der Waals surface area (Å²) in [5, 5.41) is 31.8. The van der Waals surface area contributed by atoms with Crippen LogP contribution in [-0.2, 0) is 9.59 Å². The number of benzene rings is 5. The van der Waals surface area contributed by atoms with Gasteiger partial charge in [0, 0.05) is 30.9 Å². The van der Waals surface area contributed by atoms with Gasteiger partial charge < -0.3 is 15.5 Å². The first kappa shape index (κ1) is 36.3. The van der Waals surface area contributed by atoms with Crippen LogP contribution in [0.4, 0.5) is 11.4 Å². The number of nitriles is 1. The highest BCUT2D eigenvalue weighted by Gasteiger charge is 2.14. The van der Waals surface area contributed by atoms with Crippen LogP contribution in [0.3, 0.4) is 0 Å². The lowest BCUT2D eigenvalue weighted by Crippen LogP contribution is -1.99. The summed E-state index contributed by atoms with van der Waals surface area (Å²) in [5.74, 6) is -2.31. The summed E-state index contributed by atoms with van der Waals surface area (Å²) in [5.41, 5.74) is 8.81. The third kappa shape index (κ3) is 8.95. The third-order valence-electron chi connectivity index (χ3n) is 8.74. The van der Waals surface area contributed by atoms with Crippen molar-refractivity contribution in [2.24, 2.45) is 0 Å². The predicted molar refractivity (Wildman–Crippen MR) is 226 cm³/mol. The second-order valence-electron chi connectivity index (χ2n) is 12.4. The summed E-state index contributed by atoms with van der Waals surface area (Å²) in [6, 6.07) is 53.8. The van der Waals surface area contributed by atoms with Crippen LogP contribution in [-0.4, -0.2) is 22.2 Å². The Kier molecular flexibility index (Phi) is 11.1. The van der Waals surface area contributed by atoms with Gasteiger partial charge in [0.2, 0.25) is 0 Å². The normalized spacial score (nSPS) is 11.4. The highest BCUT2D eigenvalue weighted by molar-refractivity contribution is 7.16. The van der Waals surface area contributed by atoms with Gasteiger partial charge in [-0.15, -0.1) is 22.7 Å². The lowest BCUT2D eigenvalue weighted by molar-refractivity contribution is -0.132. The van der Waals surface area contributed by atoms with Gasteiger partial charge in [-0.3, -0.25) is 0 Å². The largest absolute Gasteiger partial charge is 0.478 e. The molecule has 3 N–H and O–H groups in total. The first-order valence-electron chi connectivity index (χ1n) is 17.2. The second-order valence-corrected chi connectivity index (χ2v) is 14.7. The van der Waals surface area contributed by atoms with Crippen molar-refractivity contribution in [1.82, 2.24) is 0 Å². The maximum absolute atomic E-state index is 12.3. The van der Waals surface area contributed by atoms with Crippen molar-refractivity contribution in [3.8, 4) is 27.0 Å². The average molecular weight is 753 g/mol. The molecule has 0 amide bonds. The molecule has 0 atom stereocenters. The number of carbonyl (C=O) groups is 2. The Labute approximate surface area is 326 Å². The lowest BCUT2D eigenvalue weighted by Gasteiger charge is -2.10. The molecule has 55 heavy (non-hydrogen) atoms. The van der Waals surface area contributed by atoms with Crippen molar-refractivity contribution in [3.05, 3.63) is 195 Å². The third-order valence-corrected chi connectivity index (χ3v) is 10.9. The molecule has 0 aliphatic heterocycles. The van der Waals surface area contributed by atoms with Crippen molar-refractivity contribution >= 4 is 75.4 Å². The average Bonchev–Trinajstić information content (AvgIpc) is 3.90. The van der Waals surface area contributed by atoms with Crippen LogP contribution < -0.4 is 5.32 Å². The van der Waals surface area contributed by atoms with E-state index in [4.69, 9.17) is 10.4 Å². The molecule has 0 aliphatic carbocycles. The molecule has 6 nitrogen and oxygen atoms in total. The quantitative estimate of drug-likeness (QED) is 0.0651. The Bertz CT molecular complexity index is 2550. The fourth-order valence-electron chi connectivity index (χ4n) is 5.96. The van der Waals surface area contributed by atoms with Gasteiger partial charge in [0.15, 0.2) is 0 Å². The van der Waals surface area contributed by atoms with Crippen LogP contribution in [0.25, 0.3) is 50.3 Å². The monoisotopic (exact) mass is 752 g/mol. The second kappa shape index (κ2) is 16.7. The van der Waals surface area contributed by atoms with Gasteiger partial charge in [0.1, 0.15) is 11.6 Å². The standard InChI is InChI=1S/C47H32N2O4S2/c48-30-37(46(50)51)28-40-23-25-44(54-40)35-15-13-34(14-16-35)43(47(52)53)29-41-24-26-45(55-41)36-17-21-39(22-18-36)49-38-19-11-31(12-20-38)27-42(32-7-3-1-4-8-32)33-9-5-2-6-10-33/h1-29,49H,(H,50,51)(H,52,53)/b37-28+,43-29+. The maximum atomic E-state index is 12.3. The molecule has 7 aromatic rings. The molecule has 0 spiro atoms. The summed E-state index contributed by atoms with van der Waals surface area (Å²) in [4.78, 5) is 26.9. The van der Waals surface area contributed by atoms with E-state index in [0.717, 1.165) is 59.4 Å². The summed E-state index contributed by atoms with van der Waals surface area (Å²) in [6.07, 6.45) is 5.24. The number of hydrogen-bond acceptors (Lipinski definition) is 6. The number of thiophene rings is 2. The zero-order valence-corrected chi connectivity index (χ0v) is 30.9. The molecule has 0 fully saturated rings. The number of carboxylic acids is 2. The Morgan fingerprint density at radius 2 is 1.02 bits per heavy atom. The molecule has 5 aromatic carbocycles. The van der Waals surface area contributed by atoms with Crippen molar-refractivity contribution in [3.63, 3.8) is 0 Å². The van der Waals surface area contributed by atoms with Crippen LogP contribution in [0.15, 0.2) is 163 Å². The molecule has 8 heteroatoms. The molecule has 0 radical (unpaired) electrons. The highest BCUT2D eigenvalue weighted by Crippen LogP contribution is 2.34. The number of carboxylic acid groups (broad SMARTS) is 2. The van der Waals surface area contributed by atoms with Gasteiger partial charge in [-0.1, -0.05) is 109 Å². The fourth-order valence-corrected chi connectivity index (χ4v) is 7.88. The van der Waals surface area contributed by atoms with Crippen LogP contribution in [0.5, 0.6) is 0 Å². The fraction of sp³-hybridized carbons (Fsp3) is 0. The number of hydrogen-bond donors (Lipinski definition) is 3. The Balaban J connectivity index is 1.02. The van der Waals surface area contributed by atoms with Crippen LogP contribution >= 0.6 is 22.7 Å². The zero-order chi connectivity index (χ0) is 38.1. The van der Waals surface area contributed by atoms with Crippen molar-refractivity contribution in [2.75, 3.05) is 5.32 Å². The summed E-state index contributed by atoms with van der Waals surface area (Å²) < 4.78 is 0. The number of nitrogens with zero attached hydrogens (tertiary/aromatic N) is 1. The van der Waals surface area contributed by atoms with E-state index < -0.39 is 11.9 Å². The first-order valence-corrected chi connectivity index (χ1v) is 18.9. The summed E-state index contributed by atoms with van der Waals surface area (Å²) in [7, 11) is 0. The molecule has 0 unspecified atom stereocenters. The molecule has 0 bridgehead atoms. The minimum absolute atomic E-state index is 0.173. The van der Waals surface area contributed by atoms with E-state index in [9.17, 15) is 14.7 Å². The van der Waals surface area contributed by atoms with E-state index in [2.05, 4.69) is 96.3 Å². The van der Waals surface area contributed by atoms with E-state index in [1.54, 1.807) is 30.3 Å². The highest BCUT2D eigenvalue weighted by atomic mass is 32.1. The summed E-state index contributed by atoms with van der Waals surface area (Å²) >= 11 is 2.86. The molecule has 2 aromatic heterocycles. The smallest absolute Gasteiger partial charge is 0.346 e. The van der Waals surface area contributed by atoms with Gasteiger partial charge in [-0.05, 0) is 106 Å². The Morgan fingerprint density at radius 3 is 1.51 bits per heavy atom. The van der Waals surface area contributed by atoms with Gasteiger partial charge in [0.05, 0.1) is 5.57 Å². The molecule has 266 valence electrons. The van der Waals surface area contributed by atoms with Gasteiger partial charge in [-0.2, -0.15) is 5.26 Å². The van der Waals surface area contributed by atoms with E-state index in [1.807, 2.05) is 54.6 Å². The van der Waals surface area contributed by atoms with Gasteiger partial charge in [0.25, 0.3) is 0 Å². The predicted octanol–water partition coefficient (Wildman–Crippen LogP) is 12.1. The van der Waals surface area contributed by atoms with Crippen molar-refractivity contribution in [1.29, 1.82) is 5.26 Å². The molecule has 0 saturated carbocycles. The van der Waals surface area contributed by atoms with Crippen molar-refractivity contribution in [2.45, 2.75) is 0 Å². The topological polar surface area (TPSA) is 110 Å². The molecule has 0 saturated heterocycles. The van der Waals surface area contributed by atoms with E-state index in [-0.39, 0.29) is 11.1 Å². The van der Waals surface area contributed by atoms with E-state index in [0.29, 0.717) is 10.4 Å². The first-order chi connectivity index (χ1) is 26.8. The summed E-state index contributed by atoms with van der Waals surface area (Å²) in [6.45, 7) is 0. The van der Waals surface area contributed by atoms with Crippen molar-refractivity contribution < 1.29 is 19.8 Å². The lowest BCUT2D eigenvalue weighted by atomic mass is 9.96. The minimum Gasteiger partial charge on any atom is -0.478 e. The SMILES string of the molecule is N#C/C(=C\c1ccc(-c2ccc(/C(=C\c3ccc(-c4ccc(Nc5ccc(C=C(c6ccccc6)c6ccccc6)cc5)cc4)s3)C(=O)O)cc2)s1)C(=O)O. The number of aliphatic carboxylic acids is 2. The van der Waals surface area contributed by atoms with E-state index in [1.165, 1.54) is 28.7 Å². The molecular formula is C47H32N2O4S2. The molecule has 2 heterocycles. The maximum Gasteiger partial charge on any atom is 0.346 e. The minimum atomic E-state index is -1.28. The number of rotatable bonds is 12. The van der Waals surface area contributed by atoms with Crippen LogP contribution in [0.2, 0.25) is 0 Å². The van der Waals surface area contributed by atoms with Gasteiger partial charge >= 0.3 is 11.9 Å². The van der Waals surface area contributed by atoms with E-state index >= 15 is 0 Å². The Morgan fingerprint density at radius 1 is 0.527 bits per heavy atom. The zero-order valence-electron chi connectivity index (χ0n) is 29.2. The van der Waals surface area contributed by atoms with Crippen LogP contribution in [0.1, 0.15) is 32.0 Å². The number of nitrogens with one attached hydrogen (secondary N) is 1. The molecular weight excluding hydrogens is 721 g/mol. The number of anilines is 2. The molecule has 0 aliphatic rings. The van der Waals surface area contributed by atoms with Crippen LogP contribution in [0, 0.1) is 11.3 Å². The molecule has 7 rings (SSSR count).